The average molecular weight is 383 g/mol. The molecule has 0 bridgehead atoms. The highest BCUT2D eigenvalue weighted by Gasteiger charge is 2.31. The van der Waals surface area contributed by atoms with E-state index in [4.69, 9.17) is 37.8 Å². The highest BCUT2D eigenvalue weighted by atomic mass is 35.5. The van der Waals surface area contributed by atoms with Gasteiger partial charge in [0, 0.05) is 0 Å². The van der Waals surface area contributed by atoms with Crippen molar-refractivity contribution in [1.29, 1.82) is 0 Å². The molecule has 1 aromatic carbocycles. The second kappa shape index (κ2) is 9.16. The Labute approximate surface area is 147 Å². The maximum atomic E-state index is 12.1. The van der Waals surface area contributed by atoms with Crippen LogP contribution in [0.1, 0.15) is 10.4 Å². The lowest BCUT2D eigenvalue weighted by molar-refractivity contribution is -0.136. The molecule has 0 radical (unpaired) electrons. The summed E-state index contributed by atoms with van der Waals surface area (Å²) in [6, 6.07) is 2.76. The van der Waals surface area contributed by atoms with Crippen molar-refractivity contribution in [2.75, 3.05) is 13.7 Å². The van der Waals surface area contributed by atoms with Gasteiger partial charge in [0.15, 0.2) is 12.0 Å². The lowest BCUT2D eigenvalue weighted by atomic mass is 10.0. The topological polar surface area (TPSA) is 134 Å². The van der Waals surface area contributed by atoms with Gasteiger partial charge in [-0.3, -0.25) is 0 Å². The molecule has 0 amide bonds. The number of hydrogen-bond donors (Lipinski definition) is 4. The van der Waals surface area contributed by atoms with Crippen molar-refractivity contribution >= 4 is 35.5 Å². The molecule has 0 aliphatic heterocycles. The molecule has 0 aliphatic rings. The lowest BCUT2D eigenvalue weighted by Gasteiger charge is -2.24. The highest BCUT2D eigenvalue weighted by molar-refractivity contribution is 6.37. The molecule has 0 unspecified atom stereocenters. The first-order chi connectivity index (χ1) is 11.2. The van der Waals surface area contributed by atoms with Crippen LogP contribution in [0.4, 0.5) is 0 Å². The van der Waals surface area contributed by atoms with E-state index < -0.39 is 37.0 Å². The van der Waals surface area contributed by atoms with E-state index in [-0.39, 0.29) is 27.6 Å². The molecule has 0 spiro atoms. The Balaban J connectivity index is 2.80. The minimum absolute atomic E-state index is 0.00676. The number of aldehydes is 1. The number of rotatable bonds is 8. The SMILES string of the molecule is COc1c(Cl)ccc(Cl)c1C(=O)OC[C@@H](O)[C@@H](O)[C@H](O)[C@@H](O)C=O. The van der Waals surface area contributed by atoms with Crippen molar-refractivity contribution < 1.29 is 39.5 Å². The van der Waals surface area contributed by atoms with Gasteiger partial charge in [0.25, 0.3) is 0 Å². The summed E-state index contributed by atoms with van der Waals surface area (Å²) in [5.74, 6) is -1.02. The number of carbonyl (C=O) groups excluding carboxylic acids is 2. The van der Waals surface area contributed by atoms with Crippen molar-refractivity contribution in [3.8, 4) is 5.75 Å². The van der Waals surface area contributed by atoms with Crippen LogP contribution >= 0.6 is 23.2 Å². The third-order valence-corrected chi connectivity index (χ3v) is 3.70. The van der Waals surface area contributed by atoms with Gasteiger partial charge < -0.3 is 34.7 Å². The first-order valence-corrected chi connectivity index (χ1v) is 7.36. The normalized spacial score (nSPS) is 16.0. The average Bonchev–Trinajstić information content (AvgIpc) is 2.58. The summed E-state index contributed by atoms with van der Waals surface area (Å²) >= 11 is 11.8. The smallest absolute Gasteiger partial charge is 0.343 e. The summed E-state index contributed by atoms with van der Waals surface area (Å²) in [6.45, 7) is -0.741. The Hall–Kier alpha value is -1.42. The standard InChI is InChI=1S/C14H16Cl2O8/c1-23-13-7(16)3-2-6(15)10(13)14(22)24-5-9(19)12(21)11(20)8(18)4-17/h2-4,8-9,11-12,18-21H,5H2,1H3/t8-,9+,11+,12+/m0/s1. The Bertz CT molecular complexity index is 594. The number of carbonyl (C=O) groups is 2. The number of esters is 1. The van der Waals surface area contributed by atoms with Crippen LogP contribution in [0.25, 0.3) is 0 Å². The van der Waals surface area contributed by atoms with Gasteiger partial charge in [0.1, 0.15) is 36.6 Å². The molecule has 0 saturated heterocycles. The minimum atomic E-state index is -1.94. The van der Waals surface area contributed by atoms with Crippen LogP contribution in [-0.4, -0.2) is 70.8 Å². The number of aliphatic hydroxyl groups excluding tert-OH is 4. The van der Waals surface area contributed by atoms with Gasteiger partial charge in [-0.05, 0) is 12.1 Å². The van der Waals surface area contributed by atoms with Gasteiger partial charge in [0.2, 0.25) is 0 Å². The van der Waals surface area contributed by atoms with Gasteiger partial charge in [-0.15, -0.1) is 0 Å². The number of halogens is 2. The van der Waals surface area contributed by atoms with Crippen molar-refractivity contribution in [2.24, 2.45) is 0 Å². The Morgan fingerprint density at radius 1 is 1.17 bits per heavy atom. The van der Waals surface area contributed by atoms with E-state index >= 15 is 0 Å². The van der Waals surface area contributed by atoms with Crippen molar-refractivity contribution in [1.82, 2.24) is 0 Å². The molecule has 24 heavy (non-hydrogen) atoms. The zero-order valence-corrected chi connectivity index (χ0v) is 13.9. The van der Waals surface area contributed by atoms with Crippen LogP contribution in [0.2, 0.25) is 10.0 Å². The number of ether oxygens (including phenoxy) is 2. The van der Waals surface area contributed by atoms with Crippen molar-refractivity contribution in [3.63, 3.8) is 0 Å². The fourth-order valence-electron chi connectivity index (χ4n) is 1.76. The van der Waals surface area contributed by atoms with E-state index in [0.29, 0.717) is 0 Å². The summed E-state index contributed by atoms with van der Waals surface area (Å²) in [7, 11) is 1.27. The Morgan fingerprint density at radius 2 is 1.75 bits per heavy atom. The molecule has 4 N–H and O–H groups in total. The molecule has 134 valence electrons. The third kappa shape index (κ3) is 4.79. The maximum absolute atomic E-state index is 12.1. The van der Waals surface area contributed by atoms with Gasteiger partial charge in [0.05, 0.1) is 17.2 Å². The van der Waals surface area contributed by atoms with Gasteiger partial charge in [-0.2, -0.15) is 0 Å². The summed E-state index contributed by atoms with van der Waals surface area (Å²) in [6.07, 6.45) is -7.53. The predicted octanol–water partition coefficient (Wildman–Crippen LogP) is -0.199. The minimum Gasteiger partial charge on any atom is -0.494 e. The van der Waals surface area contributed by atoms with E-state index in [1.165, 1.54) is 19.2 Å². The van der Waals surface area contributed by atoms with Crippen molar-refractivity contribution in [3.05, 3.63) is 27.7 Å². The molecular formula is C14H16Cl2O8. The van der Waals surface area contributed by atoms with E-state index in [1.807, 2.05) is 0 Å². The van der Waals surface area contributed by atoms with E-state index in [2.05, 4.69) is 0 Å². The fourth-order valence-corrected chi connectivity index (χ4v) is 2.23. The molecule has 0 heterocycles. The molecule has 8 nitrogen and oxygen atoms in total. The first kappa shape index (κ1) is 20.6. The molecular weight excluding hydrogens is 367 g/mol. The fraction of sp³-hybridized carbons (Fsp3) is 0.429. The van der Waals surface area contributed by atoms with Crippen LogP contribution in [-0.2, 0) is 9.53 Å². The first-order valence-electron chi connectivity index (χ1n) is 6.61. The predicted molar refractivity (Wildman–Crippen MR) is 83.4 cm³/mol. The Morgan fingerprint density at radius 3 is 2.29 bits per heavy atom. The zero-order chi connectivity index (χ0) is 18.4. The lowest BCUT2D eigenvalue weighted by Crippen LogP contribution is -2.46. The third-order valence-electron chi connectivity index (χ3n) is 3.09. The van der Waals surface area contributed by atoms with Crippen molar-refractivity contribution in [2.45, 2.75) is 24.4 Å². The number of methoxy groups -OCH3 is 1. The summed E-state index contributed by atoms with van der Waals surface area (Å²) in [5.41, 5.74) is -0.179. The summed E-state index contributed by atoms with van der Waals surface area (Å²) in [5, 5.41) is 37.9. The molecule has 0 aromatic heterocycles. The second-order valence-electron chi connectivity index (χ2n) is 4.71. The molecule has 0 aliphatic carbocycles. The van der Waals surface area contributed by atoms with Crippen LogP contribution in [0.15, 0.2) is 12.1 Å². The van der Waals surface area contributed by atoms with E-state index in [0.717, 1.165) is 0 Å². The highest BCUT2D eigenvalue weighted by Crippen LogP contribution is 2.34. The van der Waals surface area contributed by atoms with Crippen LogP contribution in [0.5, 0.6) is 5.75 Å². The molecule has 0 fully saturated rings. The maximum Gasteiger partial charge on any atom is 0.343 e. The van der Waals surface area contributed by atoms with Gasteiger partial charge in [-0.25, -0.2) is 4.79 Å². The molecule has 4 atom stereocenters. The van der Waals surface area contributed by atoms with Crippen LogP contribution < -0.4 is 4.74 Å². The molecule has 10 heteroatoms. The molecule has 1 rings (SSSR count). The number of aliphatic hydroxyl groups is 4. The zero-order valence-electron chi connectivity index (χ0n) is 12.4. The Kier molecular flexibility index (Phi) is 7.88. The molecule has 1 aromatic rings. The van der Waals surface area contributed by atoms with Crippen LogP contribution in [0, 0.1) is 0 Å². The molecule has 0 saturated carbocycles. The van der Waals surface area contributed by atoms with E-state index in [9.17, 15) is 24.9 Å². The number of benzene rings is 1. The van der Waals surface area contributed by atoms with Gasteiger partial charge >= 0.3 is 5.97 Å². The van der Waals surface area contributed by atoms with Crippen LogP contribution in [0.3, 0.4) is 0 Å². The second-order valence-corrected chi connectivity index (χ2v) is 5.53. The van der Waals surface area contributed by atoms with Gasteiger partial charge in [-0.1, -0.05) is 23.2 Å². The summed E-state index contributed by atoms with van der Waals surface area (Å²) in [4.78, 5) is 22.4. The monoisotopic (exact) mass is 382 g/mol. The largest absolute Gasteiger partial charge is 0.494 e. The number of hydrogen-bond acceptors (Lipinski definition) is 8. The van der Waals surface area contributed by atoms with E-state index in [1.54, 1.807) is 0 Å². The quantitative estimate of drug-likeness (QED) is 0.358. The summed E-state index contributed by atoms with van der Waals surface area (Å²) < 4.78 is 9.78.